The number of benzene rings is 4. The van der Waals surface area contributed by atoms with Gasteiger partial charge in [0.25, 0.3) is 0 Å². The molecule has 0 bridgehead atoms. The van der Waals surface area contributed by atoms with Crippen LogP contribution in [-0.2, 0) is 52.3 Å². The van der Waals surface area contributed by atoms with Crippen LogP contribution in [0.25, 0.3) is 66.4 Å². The van der Waals surface area contributed by atoms with E-state index in [1.54, 1.807) is 12.1 Å². The number of hydrogen-bond donors (Lipinski definition) is 0. The number of hydrogen-bond acceptors (Lipinski definition) is 10. The number of carbonyl (C=O) groups is 2. The third-order valence-electron chi connectivity index (χ3n) is 7.96. The zero-order chi connectivity index (χ0) is 35.7. The van der Waals surface area contributed by atoms with Gasteiger partial charge in [-0.25, -0.2) is 29.5 Å². The fourth-order valence-electron chi connectivity index (χ4n) is 5.59. The molecule has 4 aromatic carbocycles. The Bertz CT molecular complexity index is 2440. The van der Waals surface area contributed by atoms with Crippen molar-refractivity contribution in [1.82, 2.24) is 19.9 Å². The van der Waals surface area contributed by atoms with Crippen molar-refractivity contribution in [2.75, 3.05) is 14.2 Å². The van der Waals surface area contributed by atoms with Crippen molar-refractivity contribution >= 4 is 55.6 Å². The third-order valence-corrected chi connectivity index (χ3v) is 7.96. The molecular formula is C40H28CuN4O6Ti. The summed E-state index contributed by atoms with van der Waals surface area (Å²) in [6.07, 6.45) is 0. The predicted octanol–water partition coefficient (Wildman–Crippen LogP) is 8.23. The summed E-state index contributed by atoms with van der Waals surface area (Å²) < 4.78 is 26.8. The van der Waals surface area contributed by atoms with E-state index < -0.39 is 31.0 Å². The van der Waals surface area contributed by atoms with Gasteiger partial charge in [-0.1, -0.05) is 84.9 Å². The van der Waals surface area contributed by atoms with E-state index in [0.717, 1.165) is 33.2 Å². The average Bonchev–Trinajstić information content (AvgIpc) is 3.19. The van der Waals surface area contributed by atoms with E-state index in [-0.39, 0.29) is 17.1 Å². The van der Waals surface area contributed by atoms with Crippen LogP contribution in [0.2, 0.25) is 0 Å². The van der Waals surface area contributed by atoms with Gasteiger partial charge in [-0.2, -0.15) is 0 Å². The van der Waals surface area contributed by atoms with Crippen LogP contribution in [-0.4, -0.2) is 46.1 Å². The smallest absolute Gasteiger partial charge is 0.0894 e. The molecule has 0 spiro atoms. The van der Waals surface area contributed by atoms with Crippen molar-refractivity contribution in [3.8, 4) is 22.8 Å². The number of para-hydroxylation sites is 4. The van der Waals surface area contributed by atoms with E-state index in [9.17, 15) is 9.59 Å². The van der Waals surface area contributed by atoms with E-state index in [1.807, 2.05) is 97.1 Å². The maximum Gasteiger partial charge on any atom is 0.0894 e. The molecule has 12 heteroatoms. The van der Waals surface area contributed by atoms with Crippen LogP contribution in [0.1, 0.15) is 20.7 Å². The number of pyridine rings is 4. The molecule has 4 heterocycles. The first kappa shape index (κ1) is 37.5. The summed E-state index contributed by atoms with van der Waals surface area (Å²) in [6.45, 7) is 0. The monoisotopic (exact) mass is 771 g/mol. The van der Waals surface area contributed by atoms with Crippen LogP contribution in [0.4, 0.5) is 0 Å². The second kappa shape index (κ2) is 17.5. The standard InChI is InChI=1S/C22H16N2O4.C18H12N2.Cu.2O.Ti/c1-27-21(25)15-11-19(23-17-9-5-3-7-13(15)17)20-12-16(22(26)28-2)14-8-4-6-10-18(14)24-20;1-3-7-15-13(5-1)9-11-17(19-15)18-12-10-14-6-2-4-8-16(14)20-18;;;;/h3-12H,1-2H3;1-12H;;;;. The van der Waals surface area contributed by atoms with Crippen molar-refractivity contribution in [2.45, 2.75) is 0 Å². The molecule has 8 rings (SSSR count). The van der Waals surface area contributed by atoms with E-state index in [4.69, 9.17) is 16.1 Å². The molecule has 8 aromatic rings. The Morgan fingerprint density at radius 2 is 0.788 bits per heavy atom. The van der Waals surface area contributed by atoms with Gasteiger partial charge < -0.3 is 9.47 Å². The van der Waals surface area contributed by atoms with Gasteiger partial charge in [-0.15, -0.1) is 0 Å². The maximum atomic E-state index is 12.3. The van der Waals surface area contributed by atoms with Crippen LogP contribution < -0.4 is 0 Å². The SMILES string of the molecule is COC(=O)c1cc(-c2cc(C(=O)OC)c3ccccc3n2)nc2ccccc12.[Cu].[O]=[Ti]=[O].c1ccc2nc(-c3ccc4ccccc4n3)ccc2c1. The fourth-order valence-corrected chi connectivity index (χ4v) is 5.59. The molecule has 0 unspecified atom stereocenters. The number of fused-ring (bicyclic) bond motifs is 4. The number of ether oxygens (including phenoxy) is 2. The summed E-state index contributed by atoms with van der Waals surface area (Å²) in [5, 5.41) is 3.67. The molecule has 0 N–H and O–H groups in total. The normalized spacial score (nSPS) is 10.2. The largest absolute Gasteiger partial charge is 0.246 e. The Morgan fingerprint density at radius 1 is 0.462 bits per heavy atom. The van der Waals surface area contributed by atoms with Crippen LogP contribution in [0, 0.1) is 0 Å². The summed E-state index contributed by atoms with van der Waals surface area (Å²) in [5.41, 5.74) is 6.80. The average molecular weight is 772 g/mol. The summed E-state index contributed by atoms with van der Waals surface area (Å²) in [7, 11) is 2.67. The maximum absolute atomic E-state index is 12.3. The molecule has 0 saturated heterocycles. The molecule has 0 saturated carbocycles. The van der Waals surface area contributed by atoms with Crippen molar-refractivity contribution in [1.29, 1.82) is 0 Å². The van der Waals surface area contributed by atoms with Gasteiger partial charge in [0.1, 0.15) is 0 Å². The van der Waals surface area contributed by atoms with Crippen molar-refractivity contribution in [3.05, 3.63) is 145 Å². The molecule has 10 nitrogen and oxygen atoms in total. The van der Waals surface area contributed by atoms with Crippen LogP contribution in [0.15, 0.2) is 133 Å². The van der Waals surface area contributed by atoms with Gasteiger partial charge in [0.15, 0.2) is 0 Å². The molecule has 1 radical (unpaired) electrons. The van der Waals surface area contributed by atoms with Crippen LogP contribution in [0.5, 0.6) is 0 Å². The summed E-state index contributed by atoms with van der Waals surface area (Å²) in [6, 6.07) is 42.4. The second-order valence-corrected chi connectivity index (χ2v) is 11.2. The van der Waals surface area contributed by atoms with E-state index in [0.29, 0.717) is 44.3 Å². The number of rotatable bonds is 4. The third kappa shape index (κ3) is 8.25. The Labute approximate surface area is 317 Å². The quantitative estimate of drug-likeness (QED) is 0.127. The summed E-state index contributed by atoms with van der Waals surface area (Å²) >= 11 is -2.00. The first-order chi connectivity index (χ1) is 24.9. The summed E-state index contributed by atoms with van der Waals surface area (Å²) in [4.78, 5) is 43.2. The summed E-state index contributed by atoms with van der Waals surface area (Å²) in [5.74, 6) is -0.928. The van der Waals surface area contributed by atoms with Gasteiger partial charge in [0, 0.05) is 38.6 Å². The van der Waals surface area contributed by atoms with Crippen molar-refractivity contribution in [2.24, 2.45) is 0 Å². The first-order valence-corrected chi connectivity index (χ1v) is 16.9. The second-order valence-electron chi connectivity index (χ2n) is 11.0. The van der Waals surface area contributed by atoms with Gasteiger partial charge in [-0.3, -0.25) is 0 Å². The molecule has 52 heavy (non-hydrogen) atoms. The van der Waals surface area contributed by atoms with E-state index in [2.05, 4.69) is 44.2 Å². The number of nitrogens with zero attached hydrogens (tertiary/aromatic N) is 4. The van der Waals surface area contributed by atoms with Gasteiger partial charge in [0.05, 0.1) is 70.2 Å². The van der Waals surface area contributed by atoms with Gasteiger partial charge in [-0.05, 0) is 48.5 Å². The van der Waals surface area contributed by atoms with Crippen molar-refractivity contribution < 1.29 is 61.9 Å². The minimum Gasteiger partial charge on any atom is -0.246 e. The molecule has 0 aliphatic heterocycles. The minimum absolute atomic E-state index is 0. The Morgan fingerprint density at radius 3 is 1.17 bits per heavy atom. The Kier molecular flexibility index (Phi) is 12.6. The van der Waals surface area contributed by atoms with Gasteiger partial charge in [0.2, 0.25) is 0 Å². The molecule has 0 aliphatic rings. The fraction of sp³-hybridized carbons (Fsp3) is 0.0500. The van der Waals surface area contributed by atoms with Crippen molar-refractivity contribution in [3.63, 3.8) is 0 Å². The minimum atomic E-state index is -2.00. The zero-order valence-corrected chi connectivity index (χ0v) is 30.2. The molecular weight excluding hydrogens is 744 g/mol. The molecule has 4 aromatic heterocycles. The predicted molar refractivity (Wildman–Crippen MR) is 189 cm³/mol. The molecule has 0 fully saturated rings. The number of esters is 2. The molecule has 0 amide bonds. The van der Waals surface area contributed by atoms with E-state index >= 15 is 0 Å². The Balaban J connectivity index is 0.000000191. The number of aromatic nitrogens is 4. The van der Waals surface area contributed by atoms with Gasteiger partial charge >= 0.3 is 37.7 Å². The first-order valence-electron chi connectivity index (χ1n) is 15.6. The molecule has 259 valence electrons. The Hall–Kier alpha value is -5.71. The number of methoxy groups -OCH3 is 2. The molecule has 0 aliphatic carbocycles. The van der Waals surface area contributed by atoms with Crippen LogP contribution in [0.3, 0.4) is 0 Å². The van der Waals surface area contributed by atoms with E-state index in [1.165, 1.54) is 14.2 Å². The zero-order valence-electron chi connectivity index (χ0n) is 27.7. The topological polar surface area (TPSA) is 138 Å². The molecule has 0 atom stereocenters. The number of carbonyl (C=O) groups excluding carboxylic acids is 2. The van der Waals surface area contributed by atoms with Crippen LogP contribution >= 0.6 is 0 Å².